The van der Waals surface area contributed by atoms with Crippen molar-refractivity contribution in [3.63, 3.8) is 0 Å². The fourth-order valence-electron chi connectivity index (χ4n) is 3.06. The van der Waals surface area contributed by atoms with Crippen LogP contribution in [0.15, 0.2) is 0 Å². The summed E-state index contributed by atoms with van der Waals surface area (Å²) in [6.07, 6.45) is 7.83. The highest BCUT2D eigenvalue weighted by molar-refractivity contribution is 5.76. The molecule has 0 bridgehead atoms. The van der Waals surface area contributed by atoms with E-state index in [0.29, 0.717) is 12.3 Å². The Morgan fingerprint density at radius 3 is 2.50 bits per heavy atom. The van der Waals surface area contributed by atoms with Crippen molar-refractivity contribution in [3.8, 4) is 0 Å². The van der Waals surface area contributed by atoms with Gasteiger partial charge in [0.25, 0.3) is 0 Å². The lowest BCUT2D eigenvalue weighted by atomic mass is 9.96. The van der Waals surface area contributed by atoms with Crippen molar-refractivity contribution in [1.82, 2.24) is 10.2 Å². The van der Waals surface area contributed by atoms with Gasteiger partial charge >= 0.3 is 0 Å². The summed E-state index contributed by atoms with van der Waals surface area (Å²) < 4.78 is 0. The van der Waals surface area contributed by atoms with Gasteiger partial charge in [-0.25, -0.2) is 0 Å². The van der Waals surface area contributed by atoms with Crippen LogP contribution >= 0.6 is 0 Å². The molecule has 0 aliphatic heterocycles. The minimum atomic E-state index is 0.0730. The average Bonchev–Trinajstić information content (AvgIpc) is 3.06. The molecule has 0 aromatic rings. The first-order chi connectivity index (χ1) is 8.53. The maximum Gasteiger partial charge on any atom is 0.221 e. The highest BCUT2D eigenvalue weighted by Gasteiger charge is 2.36. The molecular weight excluding hydrogens is 226 g/mol. The molecule has 4 heteroatoms. The number of nitrogens with zero attached hydrogens (tertiary/aromatic N) is 1. The van der Waals surface area contributed by atoms with Crippen molar-refractivity contribution in [2.75, 3.05) is 20.6 Å². The molecule has 2 rings (SSSR count). The molecule has 2 fully saturated rings. The van der Waals surface area contributed by atoms with E-state index in [2.05, 4.69) is 24.3 Å². The quantitative estimate of drug-likeness (QED) is 0.745. The van der Waals surface area contributed by atoms with Crippen LogP contribution in [0.2, 0.25) is 0 Å². The molecule has 1 unspecified atom stereocenters. The Morgan fingerprint density at radius 1 is 1.39 bits per heavy atom. The molecule has 18 heavy (non-hydrogen) atoms. The molecule has 3 N–H and O–H groups in total. The van der Waals surface area contributed by atoms with Crippen molar-refractivity contribution >= 4 is 5.91 Å². The monoisotopic (exact) mass is 253 g/mol. The van der Waals surface area contributed by atoms with E-state index in [4.69, 9.17) is 5.73 Å². The molecule has 0 saturated heterocycles. The predicted octanol–water partition coefficient (Wildman–Crippen LogP) is 1.10. The van der Waals surface area contributed by atoms with Crippen LogP contribution in [0.3, 0.4) is 0 Å². The van der Waals surface area contributed by atoms with E-state index < -0.39 is 0 Å². The number of hydrogen-bond acceptors (Lipinski definition) is 3. The molecule has 1 atom stereocenters. The minimum absolute atomic E-state index is 0.0730. The van der Waals surface area contributed by atoms with Gasteiger partial charge in [-0.1, -0.05) is 12.8 Å². The number of nitrogens with two attached hydrogens (primary N) is 1. The topological polar surface area (TPSA) is 58.4 Å². The van der Waals surface area contributed by atoms with E-state index in [9.17, 15) is 4.79 Å². The number of carbonyl (C=O) groups excluding carboxylic acids is 1. The lowest BCUT2D eigenvalue weighted by Gasteiger charge is -2.36. The van der Waals surface area contributed by atoms with E-state index in [0.717, 1.165) is 6.54 Å². The number of rotatable bonds is 6. The Bertz CT molecular complexity index is 293. The van der Waals surface area contributed by atoms with Gasteiger partial charge in [-0.15, -0.1) is 0 Å². The van der Waals surface area contributed by atoms with Gasteiger partial charge in [-0.05, 0) is 45.7 Å². The van der Waals surface area contributed by atoms with Crippen LogP contribution in [-0.4, -0.2) is 43.0 Å². The highest BCUT2D eigenvalue weighted by Crippen LogP contribution is 2.34. The first-order valence-electron chi connectivity index (χ1n) is 7.23. The van der Waals surface area contributed by atoms with Crippen LogP contribution < -0.4 is 11.1 Å². The molecule has 0 heterocycles. The van der Waals surface area contributed by atoms with E-state index in [-0.39, 0.29) is 17.5 Å². The van der Waals surface area contributed by atoms with E-state index in [1.54, 1.807) is 0 Å². The van der Waals surface area contributed by atoms with Crippen LogP contribution in [0.25, 0.3) is 0 Å². The van der Waals surface area contributed by atoms with Gasteiger partial charge in [0.15, 0.2) is 0 Å². The number of carbonyl (C=O) groups is 1. The molecule has 1 amide bonds. The third kappa shape index (κ3) is 3.23. The molecule has 0 spiro atoms. The fourth-order valence-corrected chi connectivity index (χ4v) is 3.06. The Labute approximate surface area is 110 Å². The summed E-state index contributed by atoms with van der Waals surface area (Å²) in [6.45, 7) is 0.774. The predicted molar refractivity (Wildman–Crippen MR) is 73.2 cm³/mol. The van der Waals surface area contributed by atoms with Gasteiger partial charge in [-0.2, -0.15) is 0 Å². The lowest BCUT2D eigenvalue weighted by Crippen LogP contribution is -2.51. The van der Waals surface area contributed by atoms with Crippen LogP contribution in [0.1, 0.15) is 44.9 Å². The van der Waals surface area contributed by atoms with E-state index in [1.165, 1.54) is 38.5 Å². The Hall–Kier alpha value is -0.610. The minimum Gasteiger partial charge on any atom is -0.354 e. The highest BCUT2D eigenvalue weighted by atomic mass is 16.1. The first kappa shape index (κ1) is 13.8. The first-order valence-corrected chi connectivity index (χ1v) is 7.23. The molecule has 4 nitrogen and oxygen atoms in total. The zero-order valence-electron chi connectivity index (χ0n) is 11.7. The van der Waals surface area contributed by atoms with E-state index in [1.807, 2.05) is 0 Å². The summed E-state index contributed by atoms with van der Waals surface area (Å²) in [6, 6.07) is 0.0730. The summed E-state index contributed by atoms with van der Waals surface area (Å²) in [5.74, 6) is 0.729. The standard InChI is InChI=1S/C14H27N3O/c1-17(2)14(7-3-4-8-14)10-16-13(18)9-12(15)11-5-6-11/h11-12H,3-10,15H2,1-2H3,(H,16,18). The molecule has 2 aliphatic rings. The zero-order valence-corrected chi connectivity index (χ0v) is 11.7. The molecule has 0 aromatic heterocycles. The van der Waals surface area contributed by atoms with E-state index >= 15 is 0 Å². The third-order valence-corrected chi connectivity index (χ3v) is 4.75. The molecule has 2 saturated carbocycles. The van der Waals surface area contributed by atoms with Crippen molar-refractivity contribution in [3.05, 3.63) is 0 Å². The van der Waals surface area contributed by atoms with Gasteiger partial charge in [0.05, 0.1) is 0 Å². The summed E-state index contributed by atoms with van der Waals surface area (Å²) in [5.41, 5.74) is 6.17. The fraction of sp³-hybridized carbons (Fsp3) is 0.929. The second-order valence-corrected chi connectivity index (χ2v) is 6.31. The van der Waals surface area contributed by atoms with Crippen molar-refractivity contribution in [2.45, 2.75) is 56.5 Å². The van der Waals surface area contributed by atoms with Gasteiger partial charge in [-0.3, -0.25) is 4.79 Å². The van der Waals surface area contributed by atoms with Crippen molar-refractivity contribution in [2.24, 2.45) is 11.7 Å². The molecule has 0 aromatic carbocycles. The zero-order chi connectivity index (χ0) is 13.2. The maximum absolute atomic E-state index is 11.9. The second-order valence-electron chi connectivity index (χ2n) is 6.31. The van der Waals surface area contributed by atoms with Crippen LogP contribution in [0, 0.1) is 5.92 Å². The second kappa shape index (κ2) is 5.57. The summed E-state index contributed by atoms with van der Waals surface area (Å²) in [7, 11) is 4.24. The Balaban J connectivity index is 1.76. The van der Waals surface area contributed by atoms with Gasteiger partial charge in [0, 0.05) is 24.5 Å². The number of nitrogens with one attached hydrogen (secondary N) is 1. The third-order valence-electron chi connectivity index (χ3n) is 4.75. The van der Waals surface area contributed by atoms with Crippen molar-refractivity contribution < 1.29 is 4.79 Å². The maximum atomic E-state index is 11.9. The van der Waals surface area contributed by atoms with Gasteiger partial charge in [0.1, 0.15) is 0 Å². The lowest BCUT2D eigenvalue weighted by molar-refractivity contribution is -0.122. The Kier molecular flexibility index (Phi) is 4.28. The summed E-state index contributed by atoms with van der Waals surface area (Å²) in [4.78, 5) is 14.2. The summed E-state index contributed by atoms with van der Waals surface area (Å²) >= 11 is 0. The van der Waals surface area contributed by atoms with Crippen LogP contribution in [0.5, 0.6) is 0 Å². The number of likely N-dealkylation sites (N-methyl/N-ethyl adjacent to an activating group) is 1. The molecule has 0 radical (unpaired) electrons. The smallest absolute Gasteiger partial charge is 0.221 e. The van der Waals surface area contributed by atoms with Crippen LogP contribution in [-0.2, 0) is 4.79 Å². The number of hydrogen-bond donors (Lipinski definition) is 2. The van der Waals surface area contributed by atoms with Crippen LogP contribution in [0.4, 0.5) is 0 Å². The molecule has 2 aliphatic carbocycles. The molecule has 104 valence electrons. The van der Waals surface area contributed by atoms with Gasteiger partial charge in [0.2, 0.25) is 5.91 Å². The normalized spacial score (nSPS) is 24.2. The largest absolute Gasteiger partial charge is 0.354 e. The van der Waals surface area contributed by atoms with Gasteiger partial charge < -0.3 is 16.0 Å². The average molecular weight is 253 g/mol. The number of amides is 1. The summed E-state index contributed by atoms with van der Waals surface area (Å²) in [5, 5.41) is 3.10. The van der Waals surface area contributed by atoms with Crippen molar-refractivity contribution in [1.29, 1.82) is 0 Å². The SMILES string of the molecule is CN(C)C1(CNC(=O)CC(N)C2CC2)CCCC1. The molecular formula is C14H27N3O. The Morgan fingerprint density at radius 2 is 2.00 bits per heavy atom.